The van der Waals surface area contributed by atoms with Crippen LogP contribution in [0.1, 0.15) is 117 Å². The Bertz CT molecular complexity index is 6500. The molecule has 6 aliphatic heterocycles. The molecule has 18 rings (SSSR count). The first kappa shape index (κ1) is 90.5. The molecule has 0 bridgehead atoms. The summed E-state index contributed by atoms with van der Waals surface area (Å²) in [6.45, 7) is 38.5. The summed E-state index contributed by atoms with van der Waals surface area (Å²) in [5, 5.41) is 0. The van der Waals surface area contributed by atoms with Gasteiger partial charge >= 0.3 is 0 Å². The van der Waals surface area contributed by atoms with E-state index in [4.69, 9.17) is 29.7 Å². The van der Waals surface area contributed by atoms with Gasteiger partial charge in [-0.1, -0.05) is 200 Å². The maximum absolute atomic E-state index is 7.17. The number of benzene rings is 6. The van der Waals surface area contributed by atoms with Gasteiger partial charge in [0.1, 0.15) is 0 Å². The van der Waals surface area contributed by atoms with E-state index < -0.39 is 0 Å². The van der Waals surface area contributed by atoms with Crippen LogP contribution in [0, 0.1) is 47.4 Å². The van der Waals surface area contributed by atoms with E-state index in [9.17, 15) is 0 Å². The summed E-state index contributed by atoms with van der Waals surface area (Å²) in [5.74, 6) is 0. The number of nitrogens with zero attached hydrogens (tertiary/aromatic N) is 15. The third kappa shape index (κ3) is 21.4. The van der Waals surface area contributed by atoms with Crippen LogP contribution in [0.3, 0.4) is 0 Å². The maximum atomic E-state index is 7.17. The predicted octanol–water partition coefficient (Wildman–Crippen LogP) is 19.7. The zero-order valence-corrected chi connectivity index (χ0v) is 84.8. The number of aromatic nitrogens is 6. The number of hydrogen-bond acceptors (Lipinski definition) is 6. The minimum atomic E-state index is 0. The van der Waals surface area contributed by atoms with Gasteiger partial charge in [0.25, 0.3) is 0 Å². The van der Waals surface area contributed by atoms with Crippen molar-refractivity contribution in [2.75, 3.05) is 0 Å². The Balaban J connectivity index is 0.000000143. The number of hydrogen-bond donors (Lipinski definition) is 0. The summed E-state index contributed by atoms with van der Waals surface area (Å²) in [5.41, 5.74) is 38.7. The molecule has 6 aromatic carbocycles. The van der Waals surface area contributed by atoms with Gasteiger partial charge in [-0.15, -0.1) is 11.4 Å². The molecule has 4 radical (unpaired) electrons. The summed E-state index contributed by atoms with van der Waals surface area (Å²) in [6.07, 6.45) is 39.3. The fourth-order valence-electron chi connectivity index (χ4n) is 14.7. The van der Waals surface area contributed by atoms with Crippen molar-refractivity contribution in [3.05, 3.63) is 479 Å². The minimum Gasteiger partial charge on any atom is -0.664 e. The first-order chi connectivity index (χ1) is 58.4. The van der Waals surface area contributed by atoms with Crippen molar-refractivity contribution >= 4 is 154 Å². The van der Waals surface area contributed by atoms with Crippen LogP contribution in [0.2, 0.25) is 0 Å². The molecule has 0 fully saturated rings. The van der Waals surface area contributed by atoms with Crippen LogP contribution in [0.15, 0.2) is 385 Å². The quantitative estimate of drug-likeness (QED) is 0.0889. The average molecular weight is 1750 g/mol. The number of aryl methyl sites for hydroxylation is 2. The molecule has 0 atom stereocenters. The summed E-state index contributed by atoms with van der Waals surface area (Å²) in [7, 11) is 0. The van der Waals surface area contributed by atoms with Gasteiger partial charge in [0.05, 0.1) is 120 Å². The second kappa shape index (κ2) is 43.3. The Morgan fingerprint density at radius 2 is 0.615 bits per heavy atom. The molecular formula is C101H87Al4N15Zn2-6. The second-order valence-corrected chi connectivity index (χ2v) is 32.9. The van der Waals surface area contributed by atoms with E-state index in [0.717, 1.165) is 156 Å². The van der Waals surface area contributed by atoms with Gasteiger partial charge < -0.3 is 24.2 Å². The molecule has 0 saturated heterocycles. The molecule has 0 N–H and O–H groups in total. The van der Waals surface area contributed by atoms with Crippen molar-refractivity contribution < 1.29 is 39.0 Å². The first-order valence-corrected chi connectivity index (χ1v) is 43.0. The van der Waals surface area contributed by atoms with E-state index in [1.807, 2.05) is 189 Å². The number of rotatable bonds is 12. The first-order valence-electron chi connectivity index (χ1n) is 39.4. The van der Waals surface area contributed by atoms with Gasteiger partial charge in [0.15, 0.2) is 17.1 Å². The zero-order valence-electron chi connectivity index (χ0n) is 70.9. The van der Waals surface area contributed by atoms with Crippen LogP contribution in [0.4, 0.5) is 17.1 Å². The summed E-state index contributed by atoms with van der Waals surface area (Å²) >= 11 is 3.79. The smallest absolute Gasteiger partial charge is 0.187 e. The van der Waals surface area contributed by atoms with Crippen LogP contribution in [-0.2, 0) is 39.0 Å². The Morgan fingerprint density at radius 3 is 0.869 bits per heavy atom. The Kier molecular flexibility index (Phi) is 32.1. The van der Waals surface area contributed by atoms with Crippen molar-refractivity contribution in [2.24, 2.45) is 30.0 Å². The predicted molar refractivity (Wildman–Crippen MR) is 510 cm³/mol. The normalized spacial score (nSPS) is 15.7. The van der Waals surface area contributed by atoms with Crippen LogP contribution in [0.25, 0.3) is 48.0 Å². The Labute approximate surface area is 773 Å². The van der Waals surface area contributed by atoms with Crippen LogP contribution >= 0.6 is 0 Å². The molecule has 0 spiro atoms. The molecular weight excluding hydrogens is 1660 g/mol. The summed E-state index contributed by atoms with van der Waals surface area (Å²) in [4.78, 5) is 46.1. The summed E-state index contributed by atoms with van der Waals surface area (Å²) < 4.78 is 9.15. The van der Waals surface area contributed by atoms with Gasteiger partial charge in [-0.3, -0.25) is 30.0 Å². The number of aliphatic imine (C=N–C) groups is 6. The van der Waals surface area contributed by atoms with Gasteiger partial charge in [-0.25, -0.2) is 14.5 Å². The van der Waals surface area contributed by atoms with E-state index in [0.29, 0.717) is 17.1 Å². The molecule has 588 valence electrons. The van der Waals surface area contributed by atoms with E-state index in [2.05, 4.69) is 236 Å². The molecule has 122 heavy (non-hydrogen) atoms. The van der Waals surface area contributed by atoms with Crippen LogP contribution in [0.5, 0.6) is 0 Å². The van der Waals surface area contributed by atoms with Crippen molar-refractivity contribution in [2.45, 2.75) is 55.4 Å². The van der Waals surface area contributed by atoms with E-state index >= 15 is 0 Å². The second-order valence-electron chi connectivity index (χ2n) is 29.1. The van der Waals surface area contributed by atoms with E-state index in [1.54, 1.807) is 24.8 Å². The van der Waals surface area contributed by atoms with Crippen molar-refractivity contribution in [1.29, 1.82) is 0 Å². The Hall–Kier alpha value is -12.3. The molecule has 12 heterocycles. The molecule has 0 saturated carbocycles. The zero-order chi connectivity index (χ0) is 84.2. The fraction of sp³-hybridized carbons (Fsp3) is 0.0792. The SMILES string of the molecule is C1=CC(=C(c2ccccc2)c2ccc[n-]2)N=C1.CC1=C(C)C(=C(c2ccccc2)c2c(C)c(C)c[n]2[AlH2-])N=C1.[AlH2-][n]1cccc1C(=C1C=CC=N1)c1ccccc1.[C-]#[N+]c1ccc(C(=C2C=CC=N2)c2ccc[n-]2)cc1.[C-]#[N+]c1ccc(C(=C2C=CC=N2)c2ccc[n]2[AlH2-])cc1.[C-]#[N+]c1ccc(C(=C2N=CC(C)=C2C)c2c(C)c(C)c[n]2[AlH2-])cc1.[Zn].[Zn]. The van der Waals surface area contributed by atoms with Gasteiger partial charge in [0, 0.05) is 98.5 Å². The van der Waals surface area contributed by atoms with Crippen molar-refractivity contribution in [1.82, 2.24) is 24.2 Å². The Morgan fingerprint density at radius 1 is 0.320 bits per heavy atom. The monoisotopic (exact) mass is 1750 g/mol. The molecule has 0 unspecified atom stereocenters. The fourth-order valence-corrected chi connectivity index (χ4v) is 17.6. The topological polar surface area (TPSA) is 135 Å². The molecule has 6 aliphatic rings. The van der Waals surface area contributed by atoms with Gasteiger partial charge in [-0.05, 0) is 253 Å². The molecule has 21 heteroatoms. The standard InChI is InChI=1S/C20H18N3.C19H19N2.2C16H10N3.2C15H11N2.4Al.2Zn.8H/c1-12-10-22-19(14(12)3)18(20-15(4)13(2)11-23-20)16-6-8-17(21-5)9-7-16;1-12-10-20-18(14(12)3)17(16-8-6-5-7-9-16)19-15(4)13(2)11-21-19;2*1-17-13-8-6-12(7-9-13)16(14-4-2-10-18-14)15-5-3-11-19-15;2*1-2-6-12(7-3-1)15(13-8-4-10-16-13)14-9-5-11-17-14;;;;;;;;;;;;;;/h6-11H,1-4H3;5-11H,1-4H3;2*2-11H;2*1-11H;;;;;;;;;;;;;;/q6*-1;;;;;;;;;;;;;;. The van der Waals surface area contributed by atoms with Crippen LogP contribution < -0.4 is 9.97 Å². The maximum Gasteiger partial charge on any atom is 0.187 e. The third-order valence-corrected chi connectivity index (χ3v) is 24.3. The molecule has 0 amide bonds. The molecule has 15 nitrogen and oxygen atoms in total. The van der Waals surface area contributed by atoms with Crippen LogP contribution in [-0.4, -0.2) is 118 Å². The van der Waals surface area contributed by atoms with Gasteiger partial charge in [-0.2, -0.15) is 12.4 Å². The van der Waals surface area contributed by atoms with Crippen molar-refractivity contribution in [3.63, 3.8) is 0 Å². The summed E-state index contributed by atoms with van der Waals surface area (Å²) in [6, 6.07) is 70.6. The van der Waals surface area contributed by atoms with Crippen molar-refractivity contribution in [3.8, 4) is 0 Å². The number of allylic oxidation sites excluding steroid dienone is 12. The van der Waals surface area contributed by atoms with Gasteiger partial charge in [0.2, 0.25) is 0 Å². The minimum absolute atomic E-state index is 0. The molecule has 0 aliphatic carbocycles. The average Bonchev–Trinajstić information content (AvgIpc) is 1.62. The third-order valence-electron chi connectivity index (χ3n) is 21.3. The van der Waals surface area contributed by atoms with E-state index in [-0.39, 0.29) is 39.0 Å². The van der Waals surface area contributed by atoms with E-state index in [1.165, 1.54) is 89.6 Å². The molecule has 12 aromatic rings. The largest absolute Gasteiger partial charge is 0.664 e. The molecule has 6 aromatic heterocycles.